The van der Waals surface area contributed by atoms with E-state index < -0.39 is 0 Å². The lowest BCUT2D eigenvalue weighted by atomic mass is 10.0. The fraction of sp³-hybridized carbons (Fsp3) is 0.667. The van der Waals surface area contributed by atoms with Gasteiger partial charge in [-0.3, -0.25) is 4.90 Å². The third kappa shape index (κ3) is 6.16. The van der Waals surface area contributed by atoms with Crippen LogP contribution in [-0.4, -0.2) is 56.1 Å². The quantitative estimate of drug-likeness (QED) is 0.830. The maximum atomic E-state index is 3.41. The first-order chi connectivity index (χ1) is 10.1. The van der Waals surface area contributed by atoms with Crippen LogP contribution < -0.4 is 5.32 Å². The van der Waals surface area contributed by atoms with Gasteiger partial charge in [0.25, 0.3) is 0 Å². The van der Waals surface area contributed by atoms with E-state index in [0.29, 0.717) is 0 Å². The molecule has 1 saturated heterocycles. The van der Waals surface area contributed by atoms with Crippen molar-refractivity contribution in [2.75, 3.05) is 46.3 Å². The molecule has 1 aromatic carbocycles. The molecule has 1 aliphatic rings. The van der Waals surface area contributed by atoms with Crippen molar-refractivity contribution < 1.29 is 0 Å². The van der Waals surface area contributed by atoms with Crippen LogP contribution in [0.25, 0.3) is 0 Å². The van der Waals surface area contributed by atoms with Crippen molar-refractivity contribution in [1.82, 2.24) is 15.1 Å². The first-order valence-corrected chi connectivity index (χ1v) is 8.33. The topological polar surface area (TPSA) is 18.5 Å². The molecular weight excluding hydrogens is 258 g/mol. The Hall–Kier alpha value is -0.900. The van der Waals surface area contributed by atoms with E-state index in [1.807, 2.05) is 0 Å². The minimum absolute atomic E-state index is 0.734. The van der Waals surface area contributed by atoms with Crippen molar-refractivity contribution in [2.24, 2.45) is 5.92 Å². The van der Waals surface area contributed by atoms with E-state index in [2.05, 4.69) is 60.3 Å². The second-order valence-electron chi connectivity index (χ2n) is 6.74. The van der Waals surface area contributed by atoms with E-state index >= 15 is 0 Å². The van der Waals surface area contributed by atoms with Crippen LogP contribution in [-0.2, 0) is 13.0 Å². The predicted octanol–water partition coefficient (Wildman–Crippen LogP) is 2.22. The molecule has 1 aliphatic heterocycles. The van der Waals surface area contributed by atoms with E-state index in [1.54, 1.807) is 0 Å². The van der Waals surface area contributed by atoms with Crippen LogP contribution in [0.15, 0.2) is 24.3 Å². The maximum Gasteiger partial charge on any atom is 0.0231 e. The van der Waals surface area contributed by atoms with E-state index in [1.165, 1.54) is 37.2 Å². The summed E-state index contributed by atoms with van der Waals surface area (Å²) in [4.78, 5) is 4.98. The second kappa shape index (κ2) is 8.52. The summed E-state index contributed by atoms with van der Waals surface area (Å²) in [5.74, 6) is 0.734. The highest BCUT2D eigenvalue weighted by Gasteiger charge is 2.10. The fourth-order valence-corrected chi connectivity index (χ4v) is 2.89. The average molecular weight is 289 g/mol. The molecule has 0 saturated carbocycles. The van der Waals surface area contributed by atoms with Crippen molar-refractivity contribution >= 4 is 0 Å². The first-order valence-electron chi connectivity index (χ1n) is 8.33. The van der Waals surface area contributed by atoms with Gasteiger partial charge in [-0.2, -0.15) is 0 Å². The first kappa shape index (κ1) is 16.5. The predicted molar refractivity (Wildman–Crippen MR) is 90.6 cm³/mol. The van der Waals surface area contributed by atoms with Crippen LogP contribution in [0.5, 0.6) is 0 Å². The molecule has 0 bridgehead atoms. The van der Waals surface area contributed by atoms with Crippen LogP contribution in [0.4, 0.5) is 0 Å². The smallest absolute Gasteiger partial charge is 0.0231 e. The van der Waals surface area contributed by atoms with Gasteiger partial charge < -0.3 is 10.2 Å². The van der Waals surface area contributed by atoms with Crippen molar-refractivity contribution in [1.29, 1.82) is 0 Å². The maximum absolute atomic E-state index is 3.41. The Labute approximate surface area is 130 Å². The number of piperazine rings is 1. The van der Waals surface area contributed by atoms with Gasteiger partial charge in [-0.25, -0.2) is 0 Å². The molecule has 1 aromatic rings. The minimum atomic E-state index is 0.734. The highest BCUT2D eigenvalue weighted by molar-refractivity contribution is 5.22. The van der Waals surface area contributed by atoms with Gasteiger partial charge in [-0.05, 0) is 30.5 Å². The Morgan fingerprint density at radius 3 is 2.33 bits per heavy atom. The summed E-state index contributed by atoms with van der Waals surface area (Å²) >= 11 is 0. The molecule has 118 valence electrons. The fourth-order valence-electron chi connectivity index (χ4n) is 2.89. The Bertz CT molecular complexity index is 393. The zero-order valence-corrected chi connectivity index (χ0v) is 13.9. The van der Waals surface area contributed by atoms with Crippen LogP contribution in [0.2, 0.25) is 0 Å². The molecule has 1 fully saturated rings. The van der Waals surface area contributed by atoms with Crippen LogP contribution in [0, 0.1) is 5.92 Å². The van der Waals surface area contributed by atoms with Gasteiger partial charge in [0, 0.05) is 45.8 Å². The molecular formula is C18H31N3. The average Bonchev–Trinajstić information content (AvgIpc) is 2.48. The molecule has 1 heterocycles. The van der Waals surface area contributed by atoms with Crippen molar-refractivity contribution in [3.8, 4) is 0 Å². The third-order valence-electron chi connectivity index (χ3n) is 4.13. The molecule has 0 radical (unpaired) electrons. The standard InChI is InChI=1S/C18H31N3/c1-16(2)14-17-4-6-18(7-5-17)15-20(3)12-13-21-10-8-19-9-11-21/h4-7,16,19H,8-15H2,1-3H3. The number of rotatable bonds is 7. The van der Waals surface area contributed by atoms with E-state index in [9.17, 15) is 0 Å². The van der Waals surface area contributed by atoms with Gasteiger partial charge in [-0.1, -0.05) is 38.1 Å². The highest BCUT2D eigenvalue weighted by atomic mass is 15.2. The molecule has 1 N–H and O–H groups in total. The monoisotopic (exact) mass is 289 g/mol. The third-order valence-corrected chi connectivity index (χ3v) is 4.13. The number of benzene rings is 1. The van der Waals surface area contributed by atoms with Gasteiger partial charge >= 0.3 is 0 Å². The molecule has 0 atom stereocenters. The molecule has 0 amide bonds. The van der Waals surface area contributed by atoms with Crippen LogP contribution in [0.3, 0.4) is 0 Å². The van der Waals surface area contributed by atoms with Gasteiger partial charge in [0.2, 0.25) is 0 Å². The summed E-state index contributed by atoms with van der Waals surface area (Å²) in [6.45, 7) is 12.6. The summed E-state index contributed by atoms with van der Waals surface area (Å²) in [5, 5.41) is 3.41. The van der Waals surface area contributed by atoms with E-state index in [-0.39, 0.29) is 0 Å². The summed E-state index contributed by atoms with van der Waals surface area (Å²) < 4.78 is 0. The van der Waals surface area contributed by atoms with Gasteiger partial charge in [-0.15, -0.1) is 0 Å². The Balaban J connectivity index is 1.72. The number of nitrogens with one attached hydrogen (secondary N) is 1. The largest absolute Gasteiger partial charge is 0.314 e. The van der Waals surface area contributed by atoms with E-state index in [4.69, 9.17) is 0 Å². The summed E-state index contributed by atoms with van der Waals surface area (Å²) in [6.07, 6.45) is 1.18. The van der Waals surface area contributed by atoms with Crippen LogP contribution >= 0.6 is 0 Å². The lowest BCUT2D eigenvalue weighted by Crippen LogP contribution is -2.45. The molecule has 0 unspecified atom stereocenters. The molecule has 3 nitrogen and oxygen atoms in total. The van der Waals surface area contributed by atoms with Gasteiger partial charge in [0.15, 0.2) is 0 Å². The Morgan fingerprint density at radius 2 is 1.71 bits per heavy atom. The van der Waals surface area contributed by atoms with E-state index in [0.717, 1.165) is 32.1 Å². The summed E-state index contributed by atoms with van der Waals surface area (Å²) in [7, 11) is 2.23. The number of likely N-dealkylation sites (N-methyl/N-ethyl adjacent to an activating group) is 1. The SMILES string of the molecule is CC(C)Cc1ccc(CN(C)CCN2CCNCC2)cc1. The minimum Gasteiger partial charge on any atom is -0.314 e. The molecule has 2 rings (SSSR count). The Morgan fingerprint density at radius 1 is 1.10 bits per heavy atom. The Kier molecular flexibility index (Phi) is 6.68. The van der Waals surface area contributed by atoms with Crippen LogP contribution in [0.1, 0.15) is 25.0 Å². The number of nitrogens with zero attached hydrogens (tertiary/aromatic N) is 2. The molecule has 0 aromatic heterocycles. The zero-order chi connectivity index (χ0) is 15.1. The lowest BCUT2D eigenvalue weighted by Gasteiger charge is -2.29. The molecule has 0 aliphatic carbocycles. The normalized spacial score (nSPS) is 16.8. The molecule has 3 heteroatoms. The second-order valence-corrected chi connectivity index (χ2v) is 6.74. The molecule has 0 spiro atoms. The van der Waals surface area contributed by atoms with Crippen molar-refractivity contribution in [2.45, 2.75) is 26.8 Å². The number of hydrogen-bond donors (Lipinski definition) is 1. The van der Waals surface area contributed by atoms with Crippen molar-refractivity contribution in [3.05, 3.63) is 35.4 Å². The zero-order valence-electron chi connectivity index (χ0n) is 13.9. The highest BCUT2D eigenvalue weighted by Crippen LogP contribution is 2.11. The van der Waals surface area contributed by atoms with Gasteiger partial charge in [0.1, 0.15) is 0 Å². The number of hydrogen-bond acceptors (Lipinski definition) is 3. The summed E-state index contributed by atoms with van der Waals surface area (Å²) in [6, 6.07) is 9.16. The lowest BCUT2D eigenvalue weighted by molar-refractivity contribution is 0.202. The van der Waals surface area contributed by atoms with Crippen molar-refractivity contribution in [3.63, 3.8) is 0 Å². The molecule has 21 heavy (non-hydrogen) atoms. The summed E-state index contributed by atoms with van der Waals surface area (Å²) in [5.41, 5.74) is 2.88. The van der Waals surface area contributed by atoms with Gasteiger partial charge in [0.05, 0.1) is 0 Å².